The minimum atomic E-state index is 0.563. The van der Waals surface area contributed by atoms with Gasteiger partial charge in [0.05, 0.1) is 0 Å². The Hall–Kier alpha value is -0.620. The third-order valence-electron chi connectivity index (χ3n) is 6.40. The van der Waals surface area contributed by atoms with Crippen molar-refractivity contribution in [2.24, 2.45) is 23.7 Å². The third kappa shape index (κ3) is 3.04. The maximum absolute atomic E-state index is 5.39. The summed E-state index contributed by atoms with van der Waals surface area (Å²) >= 11 is 10.8. The van der Waals surface area contributed by atoms with Crippen molar-refractivity contribution in [3.05, 3.63) is 0 Å². The normalized spacial score (nSPS) is 41.5. The van der Waals surface area contributed by atoms with E-state index in [1.807, 2.05) is 0 Å². The van der Waals surface area contributed by atoms with Gasteiger partial charge in [-0.25, -0.2) is 0 Å². The average Bonchev–Trinajstić information content (AvgIpc) is 3.25. The minimum absolute atomic E-state index is 0.563. The van der Waals surface area contributed by atoms with Crippen LogP contribution in [0.4, 0.5) is 0 Å². The van der Waals surface area contributed by atoms with Crippen LogP contribution < -0.4 is 21.5 Å². The SMILES string of the molecule is S=C(NNC(=S)N[C@H]1C[C@H]2CC[C@H]1C2)N[C@H]1C[C@H]2CC[C@H]1C2. The van der Waals surface area contributed by atoms with Gasteiger partial charge in [-0.3, -0.25) is 10.9 Å². The van der Waals surface area contributed by atoms with Crippen LogP contribution in [-0.2, 0) is 0 Å². The molecule has 0 saturated heterocycles. The van der Waals surface area contributed by atoms with Crippen LogP contribution in [0.5, 0.6) is 0 Å². The molecule has 4 N–H and O–H groups in total. The quantitative estimate of drug-likeness (QED) is 0.457. The second kappa shape index (κ2) is 6.11. The van der Waals surface area contributed by atoms with Gasteiger partial charge in [0, 0.05) is 12.1 Å². The Kier molecular flexibility index (Phi) is 4.15. The zero-order chi connectivity index (χ0) is 15.1. The summed E-state index contributed by atoms with van der Waals surface area (Å²) in [6.45, 7) is 0. The highest BCUT2D eigenvalue weighted by molar-refractivity contribution is 7.80. The minimum Gasteiger partial charge on any atom is -0.358 e. The van der Waals surface area contributed by atoms with Crippen LogP contribution in [0.15, 0.2) is 0 Å². The van der Waals surface area contributed by atoms with Crippen LogP contribution in [0.2, 0.25) is 0 Å². The molecule has 4 aliphatic rings. The first-order chi connectivity index (χ1) is 10.7. The van der Waals surface area contributed by atoms with Gasteiger partial charge in [-0.1, -0.05) is 12.8 Å². The van der Waals surface area contributed by atoms with E-state index in [9.17, 15) is 0 Å². The Bertz CT molecular complexity index is 427. The largest absolute Gasteiger partial charge is 0.358 e. The van der Waals surface area contributed by atoms with Crippen molar-refractivity contribution in [3.8, 4) is 0 Å². The topological polar surface area (TPSA) is 48.1 Å². The molecule has 0 radical (unpaired) electrons. The molecule has 0 heterocycles. The standard InChI is InChI=1S/C16H26N4S2/c21-15(17-13-7-9-1-3-11(13)5-9)19-20-16(22)18-14-8-10-2-4-12(14)6-10/h9-14H,1-8H2,(H2,17,19,21)(H2,18,20,22)/t9-,10-,11-,12-,13-,14-/m0/s1. The molecule has 0 aromatic carbocycles. The molecule has 0 spiro atoms. The van der Waals surface area contributed by atoms with Crippen LogP contribution in [0.3, 0.4) is 0 Å². The van der Waals surface area contributed by atoms with Gasteiger partial charge in [0.15, 0.2) is 10.2 Å². The second-order valence-electron chi connectivity index (χ2n) is 7.76. The predicted molar refractivity (Wildman–Crippen MR) is 96.2 cm³/mol. The summed E-state index contributed by atoms with van der Waals surface area (Å²) in [7, 11) is 0. The van der Waals surface area contributed by atoms with Crippen molar-refractivity contribution < 1.29 is 0 Å². The zero-order valence-electron chi connectivity index (χ0n) is 12.9. The Labute approximate surface area is 143 Å². The zero-order valence-corrected chi connectivity index (χ0v) is 14.6. The number of thiocarbonyl (C=S) groups is 2. The highest BCUT2D eigenvalue weighted by Crippen LogP contribution is 2.45. The lowest BCUT2D eigenvalue weighted by atomic mass is 9.95. The highest BCUT2D eigenvalue weighted by Gasteiger charge is 2.40. The molecule has 0 amide bonds. The van der Waals surface area contributed by atoms with Gasteiger partial charge in [-0.15, -0.1) is 0 Å². The van der Waals surface area contributed by atoms with E-state index in [4.69, 9.17) is 24.4 Å². The third-order valence-corrected chi connectivity index (χ3v) is 6.84. The fourth-order valence-corrected chi connectivity index (χ4v) is 5.77. The lowest BCUT2D eigenvalue weighted by Crippen LogP contribution is -2.54. The van der Waals surface area contributed by atoms with E-state index >= 15 is 0 Å². The van der Waals surface area contributed by atoms with Crippen molar-refractivity contribution in [2.45, 2.75) is 63.5 Å². The van der Waals surface area contributed by atoms with Gasteiger partial charge in [0.25, 0.3) is 0 Å². The molecule has 6 heteroatoms. The average molecular weight is 339 g/mol. The first-order valence-corrected chi connectivity index (χ1v) is 9.62. The fraction of sp³-hybridized carbons (Fsp3) is 0.875. The van der Waals surface area contributed by atoms with E-state index < -0.39 is 0 Å². The molecule has 4 nitrogen and oxygen atoms in total. The van der Waals surface area contributed by atoms with E-state index in [2.05, 4.69) is 21.5 Å². The van der Waals surface area contributed by atoms with Crippen LogP contribution in [-0.4, -0.2) is 22.3 Å². The summed E-state index contributed by atoms with van der Waals surface area (Å²) in [5, 5.41) is 8.26. The summed E-state index contributed by atoms with van der Waals surface area (Å²) in [5.41, 5.74) is 6.11. The molecule has 6 atom stereocenters. The molecule has 122 valence electrons. The Morgan fingerprint density at radius 3 is 1.41 bits per heavy atom. The van der Waals surface area contributed by atoms with Crippen molar-refractivity contribution in [2.75, 3.05) is 0 Å². The smallest absolute Gasteiger partial charge is 0.185 e. The Morgan fingerprint density at radius 1 is 0.636 bits per heavy atom. The highest BCUT2D eigenvalue weighted by atomic mass is 32.1. The van der Waals surface area contributed by atoms with Crippen molar-refractivity contribution in [1.29, 1.82) is 0 Å². The first kappa shape index (κ1) is 14.9. The fourth-order valence-electron chi connectivity index (χ4n) is 5.37. The lowest BCUT2D eigenvalue weighted by Gasteiger charge is -2.26. The monoisotopic (exact) mass is 338 g/mol. The summed E-state index contributed by atoms with van der Waals surface area (Å²) in [5.74, 6) is 3.50. The van der Waals surface area contributed by atoms with Crippen molar-refractivity contribution in [3.63, 3.8) is 0 Å². The van der Waals surface area contributed by atoms with Gasteiger partial charge in [-0.2, -0.15) is 0 Å². The van der Waals surface area contributed by atoms with E-state index in [-0.39, 0.29) is 0 Å². The number of fused-ring (bicyclic) bond motifs is 4. The number of hydrazine groups is 1. The molecular formula is C16H26N4S2. The van der Waals surface area contributed by atoms with Gasteiger partial charge in [0.2, 0.25) is 0 Å². The summed E-state index contributed by atoms with van der Waals surface area (Å²) in [4.78, 5) is 0. The van der Waals surface area contributed by atoms with Gasteiger partial charge in [-0.05, 0) is 86.6 Å². The Morgan fingerprint density at radius 2 is 1.09 bits per heavy atom. The number of hydrogen-bond donors (Lipinski definition) is 4. The Balaban J connectivity index is 1.16. The second-order valence-corrected chi connectivity index (χ2v) is 8.58. The molecule has 0 aliphatic heterocycles. The van der Waals surface area contributed by atoms with E-state index in [1.54, 1.807) is 0 Å². The molecular weight excluding hydrogens is 312 g/mol. The summed E-state index contributed by atoms with van der Waals surface area (Å²) < 4.78 is 0. The van der Waals surface area contributed by atoms with Crippen LogP contribution in [0.25, 0.3) is 0 Å². The lowest BCUT2D eigenvalue weighted by molar-refractivity contribution is 0.385. The molecule has 0 unspecified atom stereocenters. The first-order valence-electron chi connectivity index (χ1n) is 8.80. The molecule has 4 fully saturated rings. The van der Waals surface area contributed by atoms with Crippen LogP contribution >= 0.6 is 24.4 Å². The molecule has 4 bridgehead atoms. The predicted octanol–water partition coefficient (Wildman–Crippen LogP) is 2.21. The number of rotatable bonds is 2. The maximum atomic E-state index is 5.39. The summed E-state index contributed by atoms with van der Waals surface area (Å²) in [6.07, 6.45) is 10.9. The molecule has 0 aromatic rings. The van der Waals surface area contributed by atoms with Gasteiger partial charge >= 0.3 is 0 Å². The molecule has 4 aliphatic carbocycles. The van der Waals surface area contributed by atoms with E-state index in [0.717, 1.165) is 23.7 Å². The molecule has 4 saturated carbocycles. The number of nitrogens with one attached hydrogen (secondary N) is 4. The molecule has 0 aromatic heterocycles. The van der Waals surface area contributed by atoms with Crippen molar-refractivity contribution >= 4 is 34.7 Å². The molecule has 22 heavy (non-hydrogen) atoms. The van der Waals surface area contributed by atoms with Crippen molar-refractivity contribution in [1.82, 2.24) is 21.5 Å². The van der Waals surface area contributed by atoms with Gasteiger partial charge in [0.1, 0.15) is 0 Å². The summed E-state index contributed by atoms with van der Waals surface area (Å²) in [6, 6.07) is 1.13. The maximum Gasteiger partial charge on any atom is 0.185 e. The van der Waals surface area contributed by atoms with Gasteiger partial charge < -0.3 is 10.6 Å². The van der Waals surface area contributed by atoms with Crippen LogP contribution in [0.1, 0.15) is 51.4 Å². The number of hydrogen-bond acceptors (Lipinski definition) is 2. The van der Waals surface area contributed by atoms with E-state index in [0.29, 0.717) is 22.3 Å². The van der Waals surface area contributed by atoms with E-state index in [1.165, 1.54) is 51.4 Å². The van der Waals surface area contributed by atoms with Crippen LogP contribution in [0, 0.1) is 23.7 Å². The molecule has 4 rings (SSSR count).